The van der Waals surface area contributed by atoms with Crippen LogP contribution in [0.3, 0.4) is 0 Å². The number of pyridine rings is 1. The molecular formula is C16H19FN2. The smallest absolute Gasteiger partial charge is 0.123 e. The lowest BCUT2D eigenvalue weighted by molar-refractivity contribution is 0.526. The summed E-state index contributed by atoms with van der Waals surface area (Å²) in [4.78, 5) is 4.16. The highest BCUT2D eigenvalue weighted by Gasteiger charge is 2.11. The minimum atomic E-state index is -0.182. The van der Waals surface area contributed by atoms with E-state index < -0.39 is 0 Å². The molecule has 1 aromatic carbocycles. The van der Waals surface area contributed by atoms with Crippen molar-refractivity contribution in [1.29, 1.82) is 0 Å². The zero-order valence-corrected chi connectivity index (χ0v) is 11.1. The van der Waals surface area contributed by atoms with E-state index in [1.54, 1.807) is 18.3 Å². The van der Waals surface area contributed by atoms with Gasteiger partial charge in [0.25, 0.3) is 0 Å². The predicted octanol–water partition coefficient (Wildman–Crippen LogP) is 3.50. The second kappa shape index (κ2) is 7.00. The van der Waals surface area contributed by atoms with Crippen LogP contribution in [-0.4, -0.2) is 11.5 Å². The minimum absolute atomic E-state index is 0.176. The Balaban J connectivity index is 2.14. The summed E-state index contributed by atoms with van der Waals surface area (Å²) in [6.45, 7) is 3.07. The molecule has 1 aromatic heterocycles. The molecule has 0 aliphatic rings. The molecule has 0 bridgehead atoms. The lowest BCUT2D eigenvalue weighted by atomic mass is 10.00. The maximum Gasteiger partial charge on any atom is 0.123 e. The number of hydrogen-bond donors (Lipinski definition) is 1. The van der Waals surface area contributed by atoms with Crippen LogP contribution in [0.4, 0.5) is 4.39 Å². The monoisotopic (exact) mass is 258 g/mol. The highest BCUT2D eigenvalue weighted by atomic mass is 19.1. The van der Waals surface area contributed by atoms with Gasteiger partial charge in [-0.2, -0.15) is 0 Å². The van der Waals surface area contributed by atoms with E-state index in [-0.39, 0.29) is 11.9 Å². The van der Waals surface area contributed by atoms with Gasteiger partial charge < -0.3 is 5.32 Å². The molecule has 19 heavy (non-hydrogen) atoms. The first-order chi connectivity index (χ1) is 9.29. The molecule has 1 atom stereocenters. The molecule has 2 nitrogen and oxygen atoms in total. The van der Waals surface area contributed by atoms with E-state index in [4.69, 9.17) is 0 Å². The first-order valence-corrected chi connectivity index (χ1v) is 6.67. The van der Waals surface area contributed by atoms with Crippen LogP contribution in [0.25, 0.3) is 0 Å². The van der Waals surface area contributed by atoms with E-state index in [2.05, 4.69) is 23.3 Å². The van der Waals surface area contributed by atoms with E-state index in [0.29, 0.717) is 0 Å². The highest BCUT2D eigenvalue weighted by molar-refractivity contribution is 5.22. The fourth-order valence-electron chi connectivity index (χ4n) is 2.11. The fraction of sp³-hybridized carbons (Fsp3) is 0.312. The topological polar surface area (TPSA) is 24.9 Å². The third kappa shape index (κ3) is 4.14. The molecule has 100 valence electrons. The number of nitrogens with one attached hydrogen (secondary N) is 1. The molecule has 1 heterocycles. The van der Waals surface area contributed by atoms with Gasteiger partial charge in [0.1, 0.15) is 5.82 Å². The number of benzene rings is 1. The van der Waals surface area contributed by atoms with Gasteiger partial charge in [0.2, 0.25) is 0 Å². The van der Waals surface area contributed by atoms with Crippen molar-refractivity contribution in [3.05, 3.63) is 65.7 Å². The number of rotatable bonds is 6. The number of hydrogen-bond acceptors (Lipinski definition) is 2. The molecule has 1 unspecified atom stereocenters. The molecule has 0 amide bonds. The van der Waals surface area contributed by atoms with Crippen LogP contribution in [0, 0.1) is 5.82 Å². The van der Waals surface area contributed by atoms with Crippen molar-refractivity contribution in [2.45, 2.75) is 25.8 Å². The van der Waals surface area contributed by atoms with Crippen LogP contribution in [0.1, 0.15) is 30.5 Å². The lowest BCUT2D eigenvalue weighted by Crippen LogP contribution is -2.24. The van der Waals surface area contributed by atoms with E-state index in [9.17, 15) is 4.39 Å². The second-order valence-electron chi connectivity index (χ2n) is 4.63. The Morgan fingerprint density at radius 3 is 2.84 bits per heavy atom. The normalized spacial score (nSPS) is 12.3. The van der Waals surface area contributed by atoms with Crippen LogP contribution in [0.2, 0.25) is 0 Å². The van der Waals surface area contributed by atoms with E-state index >= 15 is 0 Å². The largest absolute Gasteiger partial charge is 0.310 e. The first kappa shape index (κ1) is 13.7. The SMILES string of the molecule is CCCNC(Cc1cccc(F)c1)c1cccnc1. The lowest BCUT2D eigenvalue weighted by Gasteiger charge is -2.18. The van der Waals surface area contributed by atoms with Crippen LogP contribution < -0.4 is 5.32 Å². The molecular weight excluding hydrogens is 239 g/mol. The van der Waals surface area contributed by atoms with E-state index in [0.717, 1.165) is 30.5 Å². The van der Waals surface area contributed by atoms with Gasteiger partial charge in [-0.15, -0.1) is 0 Å². The van der Waals surface area contributed by atoms with E-state index in [1.165, 1.54) is 6.07 Å². The summed E-state index contributed by atoms with van der Waals surface area (Å²) in [7, 11) is 0. The van der Waals surface area contributed by atoms with Crippen LogP contribution in [0.5, 0.6) is 0 Å². The molecule has 0 saturated heterocycles. The van der Waals surface area contributed by atoms with E-state index in [1.807, 2.05) is 18.3 Å². The number of halogens is 1. The Morgan fingerprint density at radius 2 is 2.16 bits per heavy atom. The van der Waals surface area contributed by atoms with Gasteiger partial charge in [-0.1, -0.05) is 25.1 Å². The minimum Gasteiger partial charge on any atom is -0.310 e. The molecule has 0 saturated carbocycles. The van der Waals surface area contributed by atoms with Gasteiger partial charge in [0.05, 0.1) is 0 Å². The Labute approximate surface area is 113 Å². The third-order valence-electron chi connectivity index (χ3n) is 3.06. The molecule has 2 aromatic rings. The van der Waals surface area contributed by atoms with Crippen molar-refractivity contribution < 1.29 is 4.39 Å². The van der Waals surface area contributed by atoms with Crippen molar-refractivity contribution in [3.8, 4) is 0 Å². The Hall–Kier alpha value is -1.74. The summed E-state index contributed by atoms with van der Waals surface area (Å²) >= 11 is 0. The zero-order chi connectivity index (χ0) is 13.5. The summed E-state index contributed by atoms with van der Waals surface area (Å²) in [5, 5.41) is 3.49. The predicted molar refractivity (Wildman–Crippen MR) is 75.4 cm³/mol. The summed E-state index contributed by atoms with van der Waals surface area (Å²) < 4.78 is 13.2. The fourth-order valence-corrected chi connectivity index (χ4v) is 2.11. The summed E-state index contributed by atoms with van der Waals surface area (Å²) in [5.74, 6) is -0.182. The van der Waals surface area contributed by atoms with Crippen LogP contribution in [-0.2, 0) is 6.42 Å². The zero-order valence-electron chi connectivity index (χ0n) is 11.1. The maximum atomic E-state index is 13.2. The van der Waals surface area contributed by atoms with Crippen LogP contribution in [0.15, 0.2) is 48.8 Å². The van der Waals surface area contributed by atoms with Gasteiger partial charge in [0, 0.05) is 18.4 Å². The molecule has 0 radical (unpaired) electrons. The quantitative estimate of drug-likeness (QED) is 0.857. The van der Waals surface area contributed by atoms with Gasteiger partial charge in [-0.3, -0.25) is 4.98 Å². The van der Waals surface area contributed by atoms with Crippen LogP contribution >= 0.6 is 0 Å². The van der Waals surface area contributed by atoms with Crippen molar-refractivity contribution in [3.63, 3.8) is 0 Å². The summed E-state index contributed by atoms with van der Waals surface area (Å²) in [5.41, 5.74) is 2.14. The van der Waals surface area contributed by atoms with Crippen molar-refractivity contribution >= 4 is 0 Å². The molecule has 0 fully saturated rings. The summed E-state index contributed by atoms with van der Waals surface area (Å²) in [6.07, 6.45) is 5.47. The second-order valence-corrected chi connectivity index (χ2v) is 4.63. The summed E-state index contributed by atoms with van der Waals surface area (Å²) in [6, 6.07) is 10.9. The van der Waals surface area contributed by atoms with Crippen molar-refractivity contribution in [1.82, 2.24) is 10.3 Å². The molecule has 0 aliphatic heterocycles. The maximum absolute atomic E-state index is 13.2. The van der Waals surface area contributed by atoms with Gasteiger partial charge in [-0.25, -0.2) is 4.39 Å². The Kier molecular flexibility index (Phi) is 5.04. The number of aromatic nitrogens is 1. The molecule has 2 rings (SSSR count). The highest BCUT2D eigenvalue weighted by Crippen LogP contribution is 2.18. The molecule has 3 heteroatoms. The molecule has 0 spiro atoms. The molecule has 1 N–H and O–H groups in total. The Bertz CT molecular complexity index is 499. The third-order valence-corrected chi connectivity index (χ3v) is 3.06. The number of nitrogens with zero attached hydrogens (tertiary/aromatic N) is 1. The average Bonchev–Trinajstić information content (AvgIpc) is 2.44. The standard InChI is InChI=1S/C16H19FN2/c1-2-8-19-16(14-6-4-9-18-12-14)11-13-5-3-7-15(17)10-13/h3-7,9-10,12,16,19H,2,8,11H2,1H3. The molecule has 0 aliphatic carbocycles. The van der Waals surface area contributed by atoms with Gasteiger partial charge in [-0.05, 0) is 48.7 Å². The average molecular weight is 258 g/mol. The van der Waals surface area contributed by atoms with Crippen molar-refractivity contribution in [2.75, 3.05) is 6.54 Å². The van der Waals surface area contributed by atoms with Gasteiger partial charge in [0.15, 0.2) is 0 Å². The first-order valence-electron chi connectivity index (χ1n) is 6.67. The van der Waals surface area contributed by atoms with Gasteiger partial charge >= 0.3 is 0 Å². The van der Waals surface area contributed by atoms with Crippen molar-refractivity contribution in [2.24, 2.45) is 0 Å². The Morgan fingerprint density at radius 1 is 1.26 bits per heavy atom.